The van der Waals surface area contributed by atoms with E-state index in [9.17, 15) is 0 Å². The lowest BCUT2D eigenvalue weighted by molar-refractivity contribution is 0.0515. The summed E-state index contributed by atoms with van der Waals surface area (Å²) in [6.45, 7) is 1.96. The number of anilines is 1. The van der Waals surface area contributed by atoms with Crippen molar-refractivity contribution in [3.63, 3.8) is 0 Å². The van der Waals surface area contributed by atoms with Crippen molar-refractivity contribution in [1.82, 2.24) is 15.3 Å². The molecule has 2 heterocycles. The van der Waals surface area contributed by atoms with Gasteiger partial charge in [0.15, 0.2) is 5.11 Å². The SMILES string of the molecule is S=C(NCC1(c2cccc(Cl)c2)CCOCC1)Nc1nc(Oc2ccccc2)cc(Oc2ccccc2)n1. The minimum Gasteiger partial charge on any atom is -0.439 e. The van der Waals surface area contributed by atoms with Gasteiger partial charge in [-0.2, -0.15) is 9.97 Å². The third-order valence-corrected chi connectivity index (χ3v) is 6.79. The van der Waals surface area contributed by atoms with Crippen LogP contribution in [0.25, 0.3) is 0 Å². The second kappa shape index (κ2) is 12.2. The van der Waals surface area contributed by atoms with Gasteiger partial charge in [-0.3, -0.25) is 0 Å². The maximum atomic E-state index is 6.31. The fourth-order valence-corrected chi connectivity index (χ4v) is 4.68. The topological polar surface area (TPSA) is 77.5 Å². The lowest BCUT2D eigenvalue weighted by atomic mass is 9.74. The summed E-state index contributed by atoms with van der Waals surface area (Å²) in [6.07, 6.45) is 1.71. The van der Waals surface area contributed by atoms with Gasteiger partial charge in [0.2, 0.25) is 17.7 Å². The van der Waals surface area contributed by atoms with Crippen molar-refractivity contribution in [2.75, 3.05) is 25.1 Å². The molecule has 0 bridgehead atoms. The third-order valence-electron chi connectivity index (χ3n) is 6.31. The largest absolute Gasteiger partial charge is 0.439 e. The molecule has 0 amide bonds. The van der Waals surface area contributed by atoms with Gasteiger partial charge in [-0.25, -0.2) is 0 Å². The number of thiocarbonyl (C=S) groups is 1. The summed E-state index contributed by atoms with van der Waals surface area (Å²) < 4.78 is 17.6. The summed E-state index contributed by atoms with van der Waals surface area (Å²) in [4.78, 5) is 9.01. The Morgan fingerprint density at radius 1 is 0.842 bits per heavy atom. The molecule has 0 spiro atoms. The molecule has 1 aromatic heterocycles. The van der Waals surface area contributed by atoms with Crippen molar-refractivity contribution in [3.8, 4) is 23.3 Å². The zero-order valence-corrected chi connectivity index (χ0v) is 22.2. The van der Waals surface area contributed by atoms with Crippen LogP contribution in [0.4, 0.5) is 5.95 Å². The molecular formula is C29H27ClN4O3S. The average molecular weight is 547 g/mol. The first-order valence-electron chi connectivity index (χ1n) is 12.3. The van der Waals surface area contributed by atoms with E-state index < -0.39 is 0 Å². The second-order valence-electron chi connectivity index (χ2n) is 8.91. The van der Waals surface area contributed by atoms with E-state index in [2.05, 4.69) is 26.7 Å². The smallest absolute Gasteiger partial charge is 0.235 e. The summed E-state index contributed by atoms with van der Waals surface area (Å²) in [5, 5.41) is 7.55. The Hall–Kier alpha value is -3.72. The Morgan fingerprint density at radius 3 is 2.03 bits per heavy atom. The van der Waals surface area contributed by atoms with Gasteiger partial charge in [-0.05, 0) is 67.0 Å². The monoisotopic (exact) mass is 546 g/mol. The van der Waals surface area contributed by atoms with Crippen molar-refractivity contribution < 1.29 is 14.2 Å². The summed E-state index contributed by atoms with van der Waals surface area (Å²) in [5.74, 6) is 2.19. The molecular weight excluding hydrogens is 520 g/mol. The zero-order chi connectivity index (χ0) is 26.2. The quantitative estimate of drug-likeness (QED) is 0.235. The van der Waals surface area contributed by atoms with E-state index in [1.807, 2.05) is 78.9 Å². The van der Waals surface area contributed by atoms with E-state index in [-0.39, 0.29) is 11.4 Å². The number of nitrogens with one attached hydrogen (secondary N) is 2. The number of benzene rings is 3. The van der Waals surface area contributed by atoms with Crippen molar-refractivity contribution in [2.45, 2.75) is 18.3 Å². The van der Waals surface area contributed by atoms with Crippen LogP contribution in [0.5, 0.6) is 23.3 Å². The fourth-order valence-electron chi connectivity index (χ4n) is 4.33. The van der Waals surface area contributed by atoms with Gasteiger partial charge >= 0.3 is 0 Å². The molecule has 4 aromatic rings. The standard InChI is InChI=1S/C29H27ClN4O3S/c30-22-9-7-8-21(18-22)29(14-16-35-17-15-29)20-31-28(38)34-27-32-25(36-23-10-3-1-4-11-23)19-26(33-27)37-24-12-5-2-6-13-24/h1-13,18-19H,14-17,20H2,(H2,31,32,33,34,38). The number of para-hydroxylation sites is 2. The van der Waals surface area contributed by atoms with Crippen LogP contribution >= 0.6 is 23.8 Å². The third kappa shape index (κ3) is 6.77. The molecule has 5 rings (SSSR count). The zero-order valence-electron chi connectivity index (χ0n) is 20.6. The number of ether oxygens (including phenoxy) is 3. The van der Waals surface area contributed by atoms with Crippen LogP contribution < -0.4 is 20.1 Å². The van der Waals surface area contributed by atoms with Crippen LogP contribution in [0.1, 0.15) is 18.4 Å². The Labute approximate surface area is 232 Å². The van der Waals surface area contributed by atoms with Gasteiger partial charge in [0.25, 0.3) is 0 Å². The first-order valence-corrected chi connectivity index (χ1v) is 13.1. The lowest BCUT2D eigenvalue weighted by Crippen LogP contribution is -2.45. The molecule has 0 radical (unpaired) electrons. The number of halogens is 1. The van der Waals surface area contributed by atoms with Crippen molar-refractivity contribution in [1.29, 1.82) is 0 Å². The number of hydrogen-bond donors (Lipinski definition) is 2. The van der Waals surface area contributed by atoms with Gasteiger partial charge in [0.1, 0.15) is 11.5 Å². The number of aromatic nitrogens is 2. The summed E-state index contributed by atoms with van der Waals surface area (Å²) >= 11 is 11.9. The van der Waals surface area contributed by atoms with Gasteiger partial charge in [-0.15, -0.1) is 0 Å². The van der Waals surface area contributed by atoms with Gasteiger partial charge < -0.3 is 24.8 Å². The highest BCUT2D eigenvalue weighted by Gasteiger charge is 2.34. The van der Waals surface area contributed by atoms with Gasteiger partial charge in [0, 0.05) is 30.2 Å². The Kier molecular flexibility index (Phi) is 8.33. The number of rotatable bonds is 8. The molecule has 0 saturated carbocycles. The molecule has 0 aliphatic carbocycles. The molecule has 9 heteroatoms. The lowest BCUT2D eigenvalue weighted by Gasteiger charge is -2.38. The molecule has 3 aromatic carbocycles. The molecule has 7 nitrogen and oxygen atoms in total. The average Bonchev–Trinajstić information content (AvgIpc) is 2.93. The summed E-state index contributed by atoms with van der Waals surface area (Å²) in [5.41, 5.74) is 1.01. The van der Waals surface area contributed by atoms with Crippen LogP contribution in [0.2, 0.25) is 5.02 Å². The first kappa shape index (κ1) is 25.9. The van der Waals surface area contributed by atoms with Gasteiger partial charge in [0.05, 0.1) is 6.07 Å². The van der Waals surface area contributed by atoms with E-state index in [0.29, 0.717) is 53.2 Å². The van der Waals surface area contributed by atoms with E-state index in [0.717, 1.165) is 18.4 Å². The first-order chi connectivity index (χ1) is 18.6. The molecule has 1 aliphatic rings. The molecule has 38 heavy (non-hydrogen) atoms. The molecule has 2 N–H and O–H groups in total. The van der Waals surface area contributed by atoms with E-state index in [1.54, 1.807) is 6.07 Å². The Balaban J connectivity index is 1.33. The highest BCUT2D eigenvalue weighted by molar-refractivity contribution is 7.80. The number of nitrogens with zero attached hydrogens (tertiary/aromatic N) is 2. The molecule has 1 saturated heterocycles. The molecule has 0 unspecified atom stereocenters. The van der Waals surface area contributed by atoms with E-state index in [1.165, 1.54) is 0 Å². The summed E-state index contributed by atoms with van der Waals surface area (Å²) in [6, 6.07) is 28.4. The van der Waals surface area contributed by atoms with Crippen molar-refractivity contribution >= 4 is 34.9 Å². The maximum absolute atomic E-state index is 6.31. The van der Waals surface area contributed by atoms with Crippen LogP contribution in [0.15, 0.2) is 91.0 Å². The van der Waals surface area contributed by atoms with Crippen LogP contribution in [-0.4, -0.2) is 34.8 Å². The molecule has 0 atom stereocenters. The van der Waals surface area contributed by atoms with Crippen molar-refractivity contribution in [3.05, 3.63) is 102 Å². The number of hydrogen-bond acceptors (Lipinski definition) is 6. The minimum atomic E-state index is -0.157. The Bertz CT molecular complexity index is 1310. The van der Waals surface area contributed by atoms with Crippen LogP contribution in [0.3, 0.4) is 0 Å². The van der Waals surface area contributed by atoms with E-state index in [4.69, 9.17) is 38.0 Å². The van der Waals surface area contributed by atoms with Crippen LogP contribution in [-0.2, 0) is 10.2 Å². The highest BCUT2D eigenvalue weighted by atomic mass is 35.5. The normalized spacial score (nSPS) is 14.3. The highest BCUT2D eigenvalue weighted by Crippen LogP contribution is 2.35. The molecule has 1 fully saturated rings. The van der Waals surface area contributed by atoms with Gasteiger partial charge in [-0.1, -0.05) is 60.1 Å². The van der Waals surface area contributed by atoms with Crippen LogP contribution in [0, 0.1) is 0 Å². The minimum absolute atomic E-state index is 0.157. The summed E-state index contributed by atoms with van der Waals surface area (Å²) in [7, 11) is 0. The van der Waals surface area contributed by atoms with Crippen molar-refractivity contribution in [2.24, 2.45) is 0 Å². The fraction of sp³-hybridized carbons (Fsp3) is 0.207. The Morgan fingerprint density at radius 2 is 1.45 bits per heavy atom. The molecule has 1 aliphatic heterocycles. The molecule has 194 valence electrons. The predicted octanol–water partition coefficient (Wildman–Crippen LogP) is 6.75. The maximum Gasteiger partial charge on any atom is 0.235 e. The van der Waals surface area contributed by atoms with E-state index >= 15 is 0 Å². The second-order valence-corrected chi connectivity index (χ2v) is 9.75. The predicted molar refractivity (Wildman–Crippen MR) is 152 cm³/mol.